The Balaban J connectivity index is 1.76. The zero-order valence-corrected chi connectivity index (χ0v) is 16.7. The van der Waals surface area contributed by atoms with E-state index in [1.807, 2.05) is 20.8 Å². The van der Waals surface area contributed by atoms with Crippen molar-refractivity contribution in [3.05, 3.63) is 40.1 Å². The summed E-state index contributed by atoms with van der Waals surface area (Å²) in [6.07, 6.45) is 3.25. The van der Waals surface area contributed by atoms with Crippen molar-refractivity contribution < 1.29 is 9.59 Å². The Morgan fingerprint density at radius 1 is 1.15 bits per heavy atom. The smallest absolute Gasteiger partial charge is 0.305 e. The number of urea groups is 1. The standard InChI is InChI=1S/C18H19Cl2N5O2/c1-18(2,3)23-9-21-16(22-23)25-15(26)14(24(17(25)27)11-5-6-11)12-7-4-10(19)8-13(12)20/h4,7-9,11,14H,5-6H2,1-3H3. The van der Waals surface area contributed by atoms with Crippen molar-refractivity contribution in [1.29, 1.82) is 0 Å². The number of aromatic nitrogens is 3. The van der Waals surface area contributed by atoms with Crippen LogP contribution in [0.5, 0.6) is 0 Å². The molecule has 0 bridgehead atoms. The van der Waals surface area contributed by atoms with E-state index < -0.39 is 18.0 Å². The van der Waals surface area contributed by atoms with Gasteiger partial charge in [0.1, 0.15) is 12.4 Å². The summed E-state index contributed by atoms with van der Waals surface area (Å²) in [4.78, 5) is 33.2. The van der Waals surface area contributed by atoms with E-state index in [1.165, 1.54) is 6.33 Å². The quantitative estimate of drug-likeness (QED) is 0.720. The minimum atomic E-state index is -0.795. The predicted octanol–water partition coefficient (Wildman–Crippen LogP) is 4.01. The number of carbonyl (C=O) groups excluding carboxylic acids is 2. The second kappa shape index (κ2) is 6.21. The highest BCUT2D eigenvalue weighted by atomic mass is 35.5. The molecule has 1 aliphatic heterocycles. The van der Waals surface area contributed by atoms with Crippen molar-refractivity contribution in [2.75, 3.05) is 4.90 Å². The van der Waals surface area contributed by atoms with E-state index >= 15 is 0 Å². The lowest BCUT2D eigenvalue weighted by atomic mass is 10.1. The fraction of sp³-hybridized carbons (Fsp3) is 0.444. The number of halogens is 2. The van der Waals surface area contributed by atoms with Crippen molar-refractivity contribution >= 4 is 41.1 Å². The van der Waals surface area contributed by atoms with Crippen molar-refractivity contribution in [2.45, 2.75) is 51.2 Å². The second-order valence-corrected chi connectivity index (χ2v) is 8.67. The number of rotatable bonds is 3. The highest BCUT2D eigenvalue weighted by molar-refractivity contribution is 6.35. The molecule has 1 aromatic heterocycles. The van der Waals surface area contributed by atoms with Crippen LogP contribution in [-0.4, -0.2) is 37.6 Å². The first-order chi connectivity index (χ1) is 12.7. The van der Waals surface area contributed by atoms with Gasteiger partial charge in [0.15, 0.2) is 0 Å². The Morgan fingerprint density at radius 2 is 1.85 bits per heavy atom. The number of hydrogen-bond donors (Lipinski definition) is 0. The van der Waals surface area contributed by atoms with Crippen LogP contribution < -0.4 is 4.90 Å². The summed E-state index contributed by atoms with van der Waals surface area (Å²) in [7, 11) is 0. The molecule has 4 rings (SSSR count). The van der Waals surface area contributed by atoms with Gasteiger partial charge in [-0.25, -0.2) is 9.48 Å². The molecule has 3 amide bonds. The van der Waals surface area contributed by atoms with Gasteiger partial charge in [-0.2, -0.15) is 9.88 Å². The van der Waals surface area contributed by atoms with Gasteiger partial charge in [0.05, 0.1) is 5.54 Å². The maximum Gasteiger partial charge on any atom is 0.335 e. The Bertz CT molecular complexity index is 932. The number of carbonyl (C=O) groups is 2. The molecule has 1 saturated heterocycles. The number of nitrogens with zero attached hydrogens (tertiary/aromatic N) is 5. The Morgan fingerprint density at radius 3 is 2.41 bits per heavy atom. The maximum absolute atomic E-state index is 13.2. The molecule has 142 valence electrons. The minimum Gasteiger partial charge on any atom is -0.305 e. The van der Waals surface area contributed by atoms with E-state index in [2.05, 4.69) is 10.1 Å². The first kappa shape index (κ1) is 18.3. The van der Waals surface area contributed by atoms with Gasteiger partial charge in [-0.1, -0.05) is 29.3 Å². The highest BCUT2D eigenvalue weighted by Crippen LogP contribution is 2.43. The molecular formula is C18H19Cl2N5O2. The number of hydrogen-bond acceptors (Lipinski definition) is 4. The number of amides is 3. The average molecular weight is 408 g/mol. The normalized spacial score (nSPS) is 20.7. The summed E-state index contributed by atoms with van der Waals surface area (Å²) < 4.78 is 1.63. The van der Waals surface area contributed by atoms with E-state index in [4.69, 9.17) is 23.2 Å². The van der Waals surface area contributed by atoms with Crippen LogP contribution in [0.4, 0.5) is 10.7 Å². The van der Waals surface area contributed by atoms with Crippen molar-refractivity contribution in [3.8, 4) is 0 Å². The maximum atomic E-state index is 13.2. The third kappa shape index (κ3) is 3.08. The molecule has 2 aliphatic rings. The van der Waals surface area contributed by atoms with Crippen molar-refractivity contribution in [1.82, 2.24) is 19.7 Å². The SMILES string of the molecule is CC(C)(C)n1cnc(N2C(=O)C(c3ccc(Cl)cc3Cl)N(C3CC3)C2=O)n1. The molecule has 1 saturated carbocycles. The Hall–Kier alpha value is -2.12. The zero-order valence-electron chi connectivity index (χ0n) is 15.2. The van der Waals surface area contributed by atoms with Crippen LogP contribution in [0.1, 0.15) is 45.2 Å². The molecule has 2 aromatic rings. The molecule has 9 heteroatoms. The van der Waals surface area contributed by atoms with Crippen LogP contribution in [0, 0.1) is 0 Å². The zero-order chi connectivity index (χ0) is 19.5. The van der Waals surface area contributed by atoms with E-state index in [1.54, 1.807) is 27.8 Å². The molecule has 0 N–H and O–H groups in total. The molecule has 27 heavy (non-hydrogen) atoms. The average Bonchev–Trinajstić information content (AvgIpc) is 3.21. The first-order valence-electron chi connectivity index (χ1n) is 8.72. The van der Waals surface area contributed by atoms with E-state index in [9.17, 15) is 9.59 Å². The van der Waals surface area contributed by atoms with Gasteiger partial charge in [-0.3, -0.25) is 4.79 Å². The topological polar surface area (TPSA) is 71.3 Å². The van der Waals surface area contributed by atoms with Crippen LogP contribution in [0.15, 0.2) is 24.5 Å². The van der Waals surface area contributed by atoms with E-state index in [-0.39, 0.29) is 17.5 Å². The molecule has 2 heterocycles. The van der Waals surface area contributed by atoms with Gasteiger partial charge in [0.2, 0.25) is 0 Å². The summed E-state index contributed by atoms with van der Waals surface area (Å²) in [5, 5.41) is 5.18. The largest absolute Gasteiger partial charge is 0.335 e. The van der Waals surface area contributed by atoms with E-state index in [0.29, 0.717) is 15.6 Å². The number of benzene rings is 1. The summed E-state index contributed by atoms with van der Waals surface area (Å²) in [6, 6.07) is 3.76. The third-order valence-electron chi connectivity index (χ3n) is 4.71. The van der Waals surface area contributed by atoms with Crippen LogP contribution in [-0.2, 0) is 10.3 Å². The molecule has 7 nitrogen and oxygen atoms in total. The van der Waals surface area contributed by atoms with Crippen molar-refractivity contribution in [3.63, 3.8) is 0 Å². The summed E-state index contributed by atoms with van der Waals surface area (Å²) in [6.45, 7) is 5.89. The third-order valence-corrected chi connectivity index (χ3v) is 5.27. The van der Waals surface area contributed by atoms with Crippen LogP contribution in [0.2, 0.25) is 10.0 Å². The second-order valence-electron chi connectivity index (χ2n) is 7.82. The Kier molecular flexibility index (Phi) is 4.20. The van der Waals surface area contributed by atoms with Crippen LogP contribution in [0.25, 0.3) is 0 Å². The monoisotopic (exact) mass is 407 g/mol. The number of imide groups is 1. The molecule has 1 aliphatic carbocycles. The lowest BCUT2D eigenvalue weighted by Crippen LogP contribution is -2.35. The Labute approximate surface area is 166 Å². The lowest BCUT2D eigenvalue weighted by molar-refractivity contribution is -0.120. The van der Waals surface area contributed by atoms with Crippen LogP contribution >= 0.6 is 23.2 Å². The molecule has 1 aromatic carbocycles. The van der Waals surface area contributed by atoms with Gasteiger partial charge in [0, 0.05) is 21.7 Å². The van der Waals surface area contributed by atoms with Gasteiger partial charge in [-0.15, -0.1) is 5.10 Å². The fourth-order valence-electron chi connectivity index (χ4n) is 3.15. The molecule has 1 atom stereocenters. The lowest BCUT2D eigenvalue weighted by Gasteiger charge is -2.22. The molecule has 1 unspecified atom stereocenters. The predicted molar refractivity (Wildman–Crippen MR) is 102 cm³/mol. The molecule has 2 fully saturated rings. The molecule has 0 radical (unpaired) electrons. The summed E-state index contributed by atoms with van der Waals surface area (Å²) in [5.41, 5.74) is 0.246. The van der Waals surface area contributed by atoms with Gasteiger partial charge >= 0.3 is 6.03 Å². The highest BCUT2D eigenvalue weighted by Gasteiger charge is 2.53. The first-order valence-corrected chi connectivity index (χ1v) is 9.47. The fourth-order valence-corrected chi connectivity index (χ4v) is 3.66. The summed E-state index contributed by atoms with van der Waals surface area (Å²) >= 11 is 12.3. The van der Waals surface area contributed by atoms with Crippen LogP contribution in [0.3, 0.4) is 0 Å². The number of anilines is 1. The molecular weight excluding hydrogens is 389 g/mol. The van der Waals surface area contributed by atoms with E-state index in [0.717, 1.165) is 17.7 Å². The minimum absolute atomic E-state index is 0.0212. The van der Waals surface area contributed by atoms with Crippen molar-refractivity contribution in [2.24, 2.45) is 0 Å². The van der Waals surface area contributed by atoms with Gasteiger partial charge in [-0.05, 0) is 45.7 Å². The van der Waals surface area contributed by atoms with Gasteiger partial charge in [0.25, 0.3) is 11.9 Å². The summed E-state index contributed by atoms with van der Waals surface area (Å²) in [5.74, 6) is -0.319. The molecule has 0 spiro atoms. The van der Waals surface area contributed by atoms with Gasteiger partial charge < -0.3 is 4.90 Å².